The first kappa shape index (κ1) is 17.5. The van der Waals surface area contributed by atoms with E-state index in [9.17, 15) is 9.59 Å². The van der Waals surface area contributed by atoms with Gasteiger partial charge < -0.3 is 15.7 Å². The second kappa shape index (κ2) is 7.72. The first-order valence-corrected chi connectivity index (χ1v) is 9.58. The fraction of sp³-hybridized carbons (Fsp3) is 0.889. The maximum atomic E-state index is 12.2. The van der Waals surface area contributed by atoms with Gasteiger partial charge in [-0.3, -0.25) is 9.69 Å². The highest BCUT2D eigenvalue weighted by atomic mass is 16.4. The maximum absolute atomic E-state index is 12.2. The van der Waals surface area contributed by atoms with Gasteiger partial charge in [-0.25, -0.2) is 4.79 Å². The summed E-state index contributed by atoms with van der Waals surface area (Å²) in [5, 5.41) is 15.1. The molecule has 0 aliphatic heterocycles. The van der Waals surface area contributed by atoms with Crippen LogP contribution in [0, 0.1) is 11.8 Å². The van der Waals surface area contributed by atoms with E-state index in [2.05, 4.69) is 10.6 Å². The number of rotatable bonds is 6. The zero-order chi connectivity index (χ0) is 17.1. The Morgan fingerprint density at radius 1 is 1.00 bits per heavy atom. The first-order chi connectivity index (χ1) is 11.5. The molecule has 6 nitrogen and oxygen atoms in total. The summed E-state index contributed by atoms with van der Waals surface area (Å²) in [4.78, 5) is 25.0. The van der Waals surface area contributed by atoms with Crippen molar-refractivity contribution in [3.63, 3.8) is 0 Å². The number of carbonyl (C=O) groups is 2. The van der Waals surface area contributed by atoms with Crippen LogP contribution in [0.15, 0.2) is 0 Å². The Labute approximate surface area is 144 Å². The fourth-order valence-electron chi connectivity index (χ4n) is 4.92. The highest BCUT2D eigenvalue weighted by Crippen LogP contribution is 2.42. The van der Waals surface area contributed by atoms with Gasteiger partial charge in [-0.15, -0.1) is 0 Å². The average molecular weight is 337 g/mol. The molecule has 3 saturated carbocycles. The zero-order valence-electron chi connectivity index (χ0n) is 14.7. The molecule has 3 N–H and O–H groups in total. The molecule has 0 aromatic rings. The summed E-state index contributed by atoms with van der Waals surface area (Å²) < 4.78 is 0. The number of nitrogens with one attached hydrogen (secondary N) is 2. The van der Waals surface area contributed by atoms with Gasteiger partial charge in [0.05, 0.1) is 6.54 Å². The number of aliphatic carboxylic acids is 1. The summed E-state index contributed by atoms with van der Waals surface area (Å²) >= 11 is 0. The SMILES string of the molecule is CCN(CC(=O)O)C1CC(NC(=O)NC2CCC3CCCC3C2)C1. The van der Waals surface area contributed by atoms with Gasteiger partial charge in [0.1, 0.15) is 0 Å². The van der Waals surface area contributed by atoms with Gasteiger partial charge in [-0.05, 0) is 50.5 Å². The first-order valence-electron chi connectivity index (χ1n) is 9.58. The van der Waals surface area contributed by atoms with Crippen LogP contribution in [0.4, 0.5) is 4.79 Å². The Kier molecular flexibility index (Phi) is 5.64. The number of likely N-dealkylation sites (N-methyl/N-ethyl adjacent to an activating group) is 1. The molecule has 0 aromatic carbocycles. The summed E-state index contributed by atoms with van der Waals surface area (Å²) in [7, 11) is 0. The molecular weight excluding hydrogens is 306 g/mol. The van der Waals surface area contributed by atoms with Crippen LogP contribution in [0.3, 0.4) is 0 Å². The topological polar surface area (TPSA) is 81.7 Å². The molecule has 0 heterocycles. The van der Waals surface area contributed by atoms with Crippen LogP contribution in [0.1, 0.15) is 58.3 Å². The molecule has 0 aromatic heterocycles. The largest absolute Gasteiger partial charge is 0.480 e. The Morgan fingerprint density at radius 3 is 2.42 bits per heavy atom. The Hall–Kier alpha value is -1.30. The van der Waals surface area contributed by atoms with Gasteiger partial charge in [-0.1, -0.05) is 26.2 Å². The minimum absolute atomic E-state index is 0.0406. The average Bonchev–Trinajstić information content (AvgIpc) is 2.96. The van der Waals surface area contributed by atoms with Crippen LogP contribution in [0.2, 0.25) is 0 Å². The monoisotopic (exact) mass is 337 g/mol. The van der Waals surface area contributed by atoms with E-state index in [1.54, 1.807) is 0 Å². The molecule has 2 amide bonds. The van der Waals surface area contributed by atoms with Crippen LogP contribution in [0.25, 0.3) is 0 Å². The van der Waals surface area contributed by atoms with Crippen LogP contribution >= 0.6 is 0 Å². The number of carboxylic acids is 1. The molecule has 0 bridgehead atoms. The summed E-state index contributed by atoms with van der Waals surface area (Å²) in [6.07, 6.45) is 9.32. The molecule has 3 aliphatic rings. The third kappa shape index (κ3) is 4.21. The fourth-order valence-corrected chi connectivity index (χ4v) is 4.92. The standard InChI is InChI=1S/C18H31N3O3/c1-2-21(11-17(22)23)16-9-15(10-16)20-18(24)19-14-7-6-12-4-3-5-13(12)8-14/h12-16H,2-11H2,1H3,(H,22,23)(H2,19,20,24). The van der Waals surface area contributed by atoms with Crippen molar-refractivity contribution in [2.75, 3.05) is 13.1 Å². The Bertz CT molecular complexity index is 464. The maximum Gasteiger partial charge on any atom is 0.317 e. The summed E-state index contributed by atoms with van der Waals surface area (Å²) in [6, 6.07) is 0.756. The molecule has 6 heteroatoms. The lowest BCUT2D eigenvalue weighted by atomic mass is 9.79. The lowest BCUT2D eigenvalue weighted by Gasteiger charge is -2.42. The van der Waals surface area contributed by atoms with Gasteiger partial charge in [0, 0.05) is 18.1 Å². The molecule has 3 aliphatic carbocycles. The van der Waals surface area contributed by atoms with Gasteiger partial charge in [0.2, 0.25) is 0 Å². The molecule has 0 radical (unpaired) electrons. The van der Waals surface area contributed by atoms with Gasteiger partial charge >= 0.3 is 12.0 Å². The number of hydrogen-bond acceptors (Lipinski definition) is 3. The van der Waals surface area contributed by atoms with Crippen molar-refractivity contribution in [3.05, 3.63) is 0 Å². The normalized spacial score (nSPS) is 35.2. The molecule has 3 fully saturated rings. The molecule has 136 valence electrons. The summed E-state index contributed by atoms with van der Waals surface area (Å²) in [6.45, 7) is 2.81. The van der Waals surface area contributed by atoms with E-state index in [-0.39, 0.29) is 24.7 Å². The molecule has 0 saturated heterocycles. The van der Waals surface area contributed by atoms with Crippen molar-refractivity contribution in [2.45, 2.75) is 76.4 Å². The van der Waals surface area contributed by atoms with E-state index in [0.29, 0.717) is 6.04 Å². The lowest BCUT2D eigenvalue weighted by molar-refractivity contribution is -0.139. The van der Waals surface area contributed by atoms with E-state index in [0.717, 1.165) is 44.1 Å². The highest BCUT2D eigenvalue weighted by Gasteiger charge is 2.36. The number of hydrogen-bond donors (Lipinski definition) is 3. The van der Waals surface area contributed by atoms with Gasteiger partial charge in [0.25, 0.3) is 0 Å². The van der Waals surface area contributed by atoms with Crippen LogP contribution in [0.5, 0.6) is 0 Å². The Morgan fingerprint density at radius 2 is 1.71 bits per heavy atom. The van der Waals surface area contributed by atoms with E-state index < -0.39 is 5.97 Å². The predicted molar refractivity (Wildman–Crippen MR) is 91.8 cm³/mol. The number of urea groups is 1. The zero-order valence-corrected chi connectivity index (χ0v) is 14.7. The minimum Gasteiger partial charge on any atom is -0.480 e. The molecule has 24 heavy (non-hydrogen) atoms. The van der Waals surface area contributed by atoms with E-state index in [4.69, 9.17) is 5.11 Å². The van der Waals surface area contributed by atoms with Crippen molar-refractivity contribution in [1.29, 1.82) is 0 Å². The molecular formula is C18H31N3O3. The van der Waals surface area contributed by atoms with Crippen molar-refractivity contribution < 1.29 is 14.7 Å². The minimum atomic E-state index is -0.784. The Balaban J connectivity index is 1.35. The predicted octanol–water partition coefficient (Wildman–Crippen LogP) is 2.19. The number of carboxylic acid groups (broad SMARTS) is 1. The van der Waals surface area contributed by atoms with Crippen LogP contribution in [-0.2, 0) is 4.79 Å². The van der Waals surface area contributed by atoms with Crippen molar-refractivity contribution in [3.8, 4) is 0 Å². The third-order valence-electron chi connectivity index (χ3n) is 6.33. The molecule has 3 rings (SSSR count). The van der Waals surface area contributed by atoms with Gasteiger partial charge in [-0.2, -0.15) is 0 Å². The second-order valence-electron chi connectivity index (χ2n) is 7.86. The van der Waals surface area contributed by atoms with E-state index in [1.165, 1.54) is 25.7 Å². The second-order valence-corrected chi connectivity index (χ2v) is 7.86. The van der Waals surface area contributed by atoms with Crippen molar-refractivity contribution in [1.82, 2.24) is 15.5 Å². The third-order valence-corrected chi connectivity index (χ3v) is 6.33. The number of carbonyl (C=O) groups excluding carboxylic acids is 1. The van der Waals surface area contributed by atoms with Crippen LogP contribution in [-0.4, -0.2) is 53.2 Å². The number of nitrogens with zero attached hydrogens (tertiary/aromatic N) is 1. The molecule has 3 unspecified atom stereocenters. The summed E-state index contributed by atoms with van der Waals surface area (Å²) in [5.74, 6) is 0.951. The molecule has 3 atom stereocenters. The highest BCUT2D eigenvalue weighted by molar-refractivity contribution is 5.74. The van der Waals surface area contributed by atoms with E-state index >= 15 is 0 Å². The van der Waals surface area contributed by atoms with Crippen molar-refractivity contribution in [2.24, 2.45) is 11.8 Å². The number of amides is 2. The van der Waals surface area contributed by atoms with E-state index in [1.807, 2.05) is 11.8 Å². The molecule has 0 spiro atoms. The smallest absolute Gasteiger partial charge is 0.317 e. The van der Waals surface area contributed by atoms with Crippen molar-refractivity contribution >= 4 is 12.0 Å². The van der Waals surface area contributed by atoms with Crippen LogP contribution < -0.4 is 10.6 Å². The lowest BCUT2D eigenvalue weighted by Crippen LogP contribution is -2.57. The number of fused-ring (bicyclic) bond motifs is 1. The quantitative estimate of drug-likeness (QED) is 0.694. The van der Waals surface area contributed by atoms with Gasteiger partial charge in [0.15, 0.2) is 0 Å². The summed E-state index contributed by atoms with van der Waals surface area (Å²) in [5.41, 5.74) is 0.